The first-order chi connectivity index (χ1) is 12.1. The van der Waals surface area contributed by atoms with Crippen LogP contribution in [0, 0.1) is 6.92 Å². The first-order valence-corrected chi connectivity index (χ1v) is 8.24. The molecule has 0 saturated carbocycles. The second-order valence-electron chi connectivity index (χ2n) is 5.79. The number of oxazole rings is 1. The van der Waals surface area contributed by atoms with Crippen molar-refractivity contribution in [2.75, 3.05) is 31.1 Å². The molecular weight excluding hydrogens is 344 g/mol. The van der Waals surface area contributed by atoms with E-state index in [0.717, 1.165) is 5.69 Å². The summed E-state index contributed by atoms with van der Waals surface area (Å²) in [6, 6.07) is 4.30. The van der Waals surface area contributed by atoms with Crippen molar-refractivity contribution in [3.05, 3.63) is 41.1 Å². The lowest BCUT2D eigenvalue weighted by atomic mass is 10.2. The van der Waals surface area contributed by atoms with Gasteiger partial charge in [-0.15, -0.1) is 0 Å². The molecule has 3 aromatic heterocycles. The number of hydrogen-bond donors (Lipinski definition) is 0. The molecule has 4 rings (SSSR count). The largest absolute Gasteiger partial charge is 0.422 e. The van der Waals surface area contributed by atoms with Crippen LogP contribution in [0.1, 0.15) is 16.1 Å². The number of fused-ring (bicyclic) bond motifs is 1. The number of amides is 1. The van der Waals surface area contributed by atoms with Crippen molar-refractivity contribution in [3.8, 4) is 0 Å². The lowest BCUT2D eigenvalue weighted by Crippen LogP contribution is -2.49. The van der Waals surface area contributed by atoms with E-state index in [1.54, 1.807) is 4.90 Å². The number of anilines is 1. The molecule has 1 amide bonds. The van der Waals surface area contributed by atoms with Crippen LogP contribution in [0.3, 0.4) is 0 Å². The van der Waals surface area contributed by atoms with Gasteiger partial charge >= 0.3 is 0 Å². The highest BCUT2D eigenvalue weighted by Gasteiger charge is 2.25. The van der Waals surface area contributed by atoms with Crippen molar-refractivity contribution >= 4 is 34.8 Å². The summed E-state index contributed by atoms with van der Waals surface area (Å²) in [7, 11) is 0. The number of carbonyl (C=O) groups is 1. The predicted molar refractivity (Wildman–Crippen MR) is 91.7 cm³/mol. The second kappa shape index (κ2) is 6.29. The first-order valence-electron chi connectivity index (χ1n) is 7.86. The monoisotopic (exact) mass is 358 g/mol. The third-order valence-corrected chi connectivity index (χ3v) is 4.28. The zero-order chi connectivity index (χ0) is 17.4. The van der Waals surface area contributed by atoms with E-state index in [1.807, 2.05) is 24.0 Å². The molecule has 0 aromatic carbocycles. The molecule has 0 aliphatic carbocycles. The van der Waals surface area contributed by atoms with Crippen molar-refractivity contribution in [2.45, 2.75) is 6.92 Å². The van der Waals surface area contributed by atoms with E-state index in [1.165, 1.54) is 12.4 Å². The van der Waals surface area contributed by atoms with Crippen LogP contribution in [-0.2, 0) is 0 Å². The Morgan fingerprint density at radius 3 is 2.56 bits per heavy atom. The maximum Gasteiger partial charge on any atom is 0.300 e. The molecule has 1 saturated heterocycles. The Balaban J connectivity index is 1.45. The van der Waals surface area contributed by atoms with E-state index in [4.69, 9.17) is 16.0 Å². The number of nitrogens with zero attached hydrogens (tertiary/aromatic N) is 6. The van der Waals surface area contributed by atoms with E-state index in [9.17, 15) is 4.79 Å². The van der Waals surface area contributed by atoms with Gasteiger partial charge in [0, 0.05) is 44.3 Å². The Morgan fingerprint density at radius 2 is 1.84 bits per heavy atom. The smallest absolute Gasteiger partial charge is 0.300 e. The second-order valence-corrected chi connectivity index (χ2v) is 6.13. The van der Waals surface area contributed by atoms with E-state index in [0.29, 0.717) is 49.0 Å². The molecule has 4 heterocycles. The molecule has 8 nitrogen and oxygen atoms in total. The summed E-state index contributed by atoms with van der Waals surface area (Å²) in [5.74, 6) is -0.105. The summed E-state index contributed by atoms with van der Waals surface area (Å²) < 4.78 is 5.77. The topological polar surface area (TPSA) is 88.3 Å². The van der Waals surface area contributed by atoms with E-state index in [-0.39, 0.29) is 11.2 Å². The molecule has 0 spiro atoms. The van der Waals surface area contributed by atoms with Gasteiger partial charge in [-0.25, -0.2) is 15.0 Å². The van der Waals surface area contributed by atoms with Gasteiger partial charge in [0.2, 0.25) is 10.9 Å². The molecule has 3 aromatic rings. The number of aryl methyl sites for hydroxylation is 1. The number of aromatic nitrogens is 4. The van der Waals surface area contributed by atoms with Crippen molar-refractivity contribution in [2.24, 2.45) is 0 Å². The molecule has 0 bridgehead atoms. The molecule has 25 heavy (non-hydrogen) atoms. The number of rotatable bonds is 2. The average molecular weight is 359 g/mol. The minimum absolute atomic E-state index is 0.105. The summed E-state index contributed by atoms with van der Waals surface area (Å²) in [4.78, 5) is 32.8. The molecule has 1 fully saturated rings. The highest BCUT2D eigenvalue weighted by molar-refractivity contribution is 6.28. The summed E-state index contributed by atoms with van der Waals surface area (Å²) in [5, 5.41) is 0.126. The average Bonchev–Trinajstić information content (AvgIpc) is 3.05. The predicted octanol–water partition coefficient (Wildman–Crippen LogP) is 1.94. The fraction of sp³-hybridized carbons (Fsp3) is 0.312. The van der Waals surface area contributed by atoms with Gasteiger partial charge in [0.25, 0.3) is 11.9 Å². The van der Waals surface area contributed by atoms with Gasteiger partial charge in [0.05, 0.1) is 5.56 Å². The van der Waals surface area contributed by atoms with Crippen LogP contribution >= 0.6 is 11.6 Å². The summed E-state index contributed by atoms with van der Waals surface area (Å²) in [6.45, 7) is 4.30. The van der Waals surface area contributed by atoms with Crippen LogP contribution in [0.15, 0.2) is 28.9 Å². The Kier molecular flexibility index (Phi) is 3.96. The van der Waals surface area contributed by atoms with Gasteiger partial charge in [-0.3, -0.25) is 4.79 Å². The maximum absolute atomic E-state index is 12.5. The number of piperazine rings is 1. The van der Waals surface area contributed by atoms with Gasteiger partial charge in [-0.05, 0) is 30.7 Å². The minimum Gasteiger partial charge on any atom is -0.422 e. The summed E-state index contributed by atoms with van der Waals surface area (Å²) >= 11 is 5.66. The van der Waals surface area contributed by atoms with Gasteiger partial charge in [-0.1, -0.05) is 0 Å². The quantitative estimate of drug-likeness (QED) is 0.647. The van der Waals surface area contributed by atoms with Crippen molar-refractivity contribution < 1.29 is 9.21 Å². The Morgan fingerprint density at radius 1 is 1.12 bits per heavy atom. The fourth-order valence-corrected chi connectivity index (χ4v) is 2.84. The van der Waals surface area contributed by atoms with Crippen LogP contribution in [0.5, 0.6) is 0 Å². The Hall–Kier alpha value is -2.74. The number of halogens is 1. The van der Waals surface area contributed by atoms with Crippen LogP contribution in [-0.4, -0.2) is 56.9 Å². The molecule has 0 unspecified atom stereocenters. The summed E-state index contributed by atoms with van der Waals surface area (Å²) in [6.07, 6.45) is 2.89. The zero-order valence-corrected chi connectivity index (χ0v) is 14.3. The van der Waals surface area contributed by atoms with E-state index < -0.39 is 0 Å². The molecular formula is C16H15ClN6O2. The molecule has 0 N–H and O–H groups in total. The molecule has 0 radical (unpaired) electrons. The lowest BCUT2D eigenvalue weighted by Gasteiger charge is -2.33. The normalized spacial score (nSPS) is 15.0. The standard InChI is InChI=1S/C16H15ClN6O2/c1-10-2-3-12-13(20-10)21-16(25-12)23-6-4-22(5-7-23)14(24)11-8-18-15(17)19-9-11/h2-3,8-9H,4-7H2,1H3. The van der Waals surface area contributed by atoms with Crippen LogP contribution in [0.25, 0.3) is 11.2 Å². The van der Waals surface area contributed by atoms with Crippen LogP contribution in [0.4, 0.5) is 6.01 Å². The van der Waals surface area contributed by atoms with Crippen molar-refractivity contribution in [1.82, 2.24) is 24.8 Å². The Labute approximate surface area is 148 Å². The van der Waals surface area contributed by atoms with Crippen molar-refractivity contribution in [3.63, 3.8) is 0 Å². The highest BCUT2D eigenvalue weighted by atomic mass is 35.5. The van der Waals surface area contributed by atoms with Gasteiger partial charge < -0.3 is 14.2 Å². The molecule has 0 atom stereocenters. The highest BCUT2D eigenvalue weighted by Crippen LogP contribution is 2.22. The summed E-state index contributed by atoms with van der Waals surface area (Å²) in [5.41, 5.74) is 2.59. The molecule has 128 valence electrons. The fourth-order valence-electron chi connectivity index (χ4n) is 2.74. The van der Waals surface area contributed by atoms with Gasteiger partial charge in [-0.2, -0.15) is 4.98 Å². The van der Waals surface area contributed by atoms with E-state index >= 15 is 0 Å². The van der Waals surface area contributed by atoms with Gasteiger partial charge in [0.1, 0.15) is 0 Å². The van der Waals surface area contributed by atoms with Crippen LogP contribution < -0.4 is 4.90 Å². The lowest BCUT2D eigenvalue weighted by molar-refractivity contribution is 0.0744. The maximum atomic E-state index is 12.5. The Bertz CT molecular complexity index is 918. The number of pyridine rings is 1. The number of hydrogen-bond acceptors (Lipinski definition) is 7. The first kappa shape index (κ1) is 15.8. The molecule has 1 aliphatic rings. The third kappa shape index (κ3) is 3.12. The van der Waals surface area contributed by atoms with Gasteiger partial charge in [0.15, 0.2) is 5.58 Å². The SMILES string of the molecule is Cc1ccc2oc(N3CCN(C(=O)c4cnc(Cl)nc4)CC3)nc2n1. The van der Waals surface area contributed by atoms with Crippen LogP contribution in [0.2, 0.25) is 5.28 Å². The molecule has 9 heteroatoms. The zero-order valence-electron chi connectivity index (χ0n) is 13.5. The van der Waals surface area contributed by atoms with E-state index in [2.05, 4.69) is 19.9 Å². The number of carbonyl (C=O) groups excluding carboxylic acids is 1. The third-order valence-electron chi connectivity index (χ3n) is 4.09. The molecule has 1 aliphatic heterocycles. The minimum atomic E-state index is -0.105. The van der Waals surface area contributed by atoms with Crippen molar-refractivity contribution in [1.29, 1.82) is 0 Å².